The maximum absolute atomic E-state index is 5.06. The Kier molecular flexibility index (Phi) is 8.97. The molecule has 3 heteroatoms. The number of nitrogens with zero attached hydrogens (tertiary/aromatic N) is 3. The molecule has 0 saturated heterocycles. The fourth-order valence-electron chi connectivity index (χ4n) is 8.73. The summed E-state index contributed by atoms with van der Waals surface area (Å²) in [5.41, 5.74) is 16.7. The Morgan fingerprint density at radius 3 is 1.66 bits per heavy atom. The van der Waals surface area contributed by atoms with E-state index in [9.17, 15) is 0 Å². The van der Waals surface area contributed by atoms with Crippen LogP contribution in [-0.4, -0.2) is 9.55 Å². The van der Waals surface area contributed by atoms with E-state index in [0.29, 0.717) is 0 Å². The van der Waals surface area contributed by atoms with Gasteiger partial charge in [0.25, 0.3) is 0 Å². The number of allylic oxidation sites excluding steroid dienone is 12. The van der Waals surface area contributed by atoms with E-state index in [-0.39, 0.29) is 0 Å². The van der Waals surface area contributed by atoms with Gasteiger partial charge >= 0.3 is 0 Å². The van der Waals surface area contributed by atoms with Gasteiger partial charge in [0.1, 0.15) is 5.82 Å². The van der Waals surface area contributed by atoms with E-state index < -0.39 is 0 Å². The highest BCUT2D eigenvalue weighted by atomic mass is 15.1. The van der Waals surface area contributed by atoms with Gasteiger partial charge in [0.15, 0.2) is 0 Å². The first-order valence-corrected chi connectivity index (χ1v) is 19.9. The van der Waals surface area contributed by atoms with Crippen molar-refractivity contribution in [3.8, 4) is 17.1 Å². The van der Waals surface area contributed by atoms with Crippen molar-refractivity contribution in [1.82, 2.24) is 9.55 Å². The molecule has 56 heavy (non-hydrogen) atoms. The van der Waals surface area contributed by atoms with Crippen LogP contribution >= 0.6 is 0 Å². The van der Waals surface area contributed by atoms with Gasteiger partial charge < -0.3 is 4.90 Å². The van der Waals surface area contributed by atoms with E-state index >= 15 is 0 Å². The van der Waals surface area contributed by atoms with E-state index in [1.807, 2.05) is 0 Å². The molecule has 0 atom stereocenters. The Balaban J connectivity index is 0.868. The largest absolute Gasteiger partial charge is 0.314 e. The lowest BCUT2D eigenvalue weighted by Gasteiger charge is -2.31. The van der Waals surface area contributed by atoms with Crippen molar-refractivity contribution >= 4 is 38.8 Å². The summed E-state index contributed by atoms with van der Waals surface area (Å²) < 4.78 is 2.27. The van der Waals surface area contributed by atoms with Crippen LogP contribution in [0.15, 0.2) is 216 Å². The molecule has 0 aliphatic heterocycles. The number of rotatable bonds is 8. The van der Waals surface area contributed by atoms with Gasteiger partial charge in [0, 0.05) is 28.0 Å². The minimum absolute atomic E-state index is 0.968. The van der Waals surface area contributed by atoms with Crippen molar-refractivity contribution < 1.29 is 0 Å². The molecule has 0 fully saturated rings. The summed E-state index contributed by atoms with van der Waals surface area (Å²) in [4.78, 5) is 7.52. The molecule has 1 aromatic heterocycles. The van der Waals surface area contributed by atoms with Crippen LogP contribution in [0, 0.1) is 0 Å². The second kappa shape index (κ2) is 14.8. The standard InChI is InChI=1S/C53H43N3/c1-3-14-46(15-4-1)55(51-21-11-13-44-12-7-8-18-49(44)51)48-36-34-43(35-37-48)41-28-26-39(27-29-41)38-22-24-40(25-23-38)42-30-32-45(33-31-42)53-54-50-19-9-10-20-52(50)56(53)47-16-5-2-6-17-47/h1-22,24,26,28,30-34,36H,23,25,27,29,35,37H2. The number of anilines is 2. The third kappa shape index (κ3) is 6.46. The van der Waals surface area contributed by atoms with Crippen molar-refractivity contribution in [1.29, 1.82) is 0 Å². The van der Waals surface area contributed by atoms with Crippen LogP contribution in [0.5, 0.6) is 0 Å². The first kappa shape index (κ1) is 33.8. The molecule has 0 saturated carbocycles. The fourth-order valence-corrected chi connectivity index (χ4v) is 8.73. The first-order valence-electron chi connectivity index (χ1n) is 19.9. The zero-order chi connectivity index (χ0) is 37.3. The SMILES string of the molecule is C1=C(C2=CC=C(c3ccc(-c4nc5ccccc5n4-c4ccccc4)cc3)CC2)CCC(C2=CC=C(N(c3ccccc3)c3cccc4ccccc34)CC2)=C1. The van der Waals surface area contributed by atoms with Gasteiger partial charge in [-0.15, -0.1) is 0 Å². The number of hydrogen-bond acceptors (Lipinski definition) is 2. The smallest absolute Gasteiger partial charge is 0.145 e. The maximum Gasteiger partial charge on any atom is 0.145 e. The lowest BCUT2D eigenvalue weighted by molar-refractivity contribution is 0.831. The summed E-state index contributed by atoms with van der Waals surface area (Å²) in [6.07, 6.45) is 20.6. The van der Waals surface area contributed by atoms with Crippen LogP contribution in [0.1, 0.15) is 44.1 Å². The summed E-state index contributed by atoms with van der Waals surface area (Å²) in [6, 6.07) is 54.0. The molecule has 3 nitrogen and oxygen atoms in total. The number of fused-ring (bicyclic) bond motifs is 2. The van der Waals surface area contributed by atoms with E-state index in [0.717, 1.165) is 66.6 Å². The van der Waals surface area contributed by atoms with E-state index in [2.05, 4.69) is 198 Å². The van der Waals surface area contributed by atoms with Crippen LogP contribution in [0.2, 0.25) is 0 Å². The highest BCUT2D eigenvalue weighted by Gasteiger charge is 2.22. The topological polar surface area (TPSA) is 21.1 Å². The van der Waals surface area contributed by atoms with Crippen LogP contribution in [-0.2, 0) is 0 Å². The molecule has 6 aromatic carbocycles. The number of aromatic nitrogens is 2. The second-order valence-electron chi connectivity index (χ2n) is 15.0. The number of imidazole rings is 1. The van der Waals surface area contributed by atoms with Gasteiger partial charge in [-0.3, -0.25) is 4.57 Å². The lowest BCUT2D eigenvalue weighted by Crippen LogP contribution is -2.18. The predicted octanol–water partition coefficient (Wildman–Crippen LogP) is 14.0. The van der Waals surface area contributed by atoms with Gasteiger partial charge in [-0.1, -0.05) is 140 Å². The molecule has 1 heterocycles. The Hall–Kier alpha value is -6.71. The second-order valence-corrected chi connectivity index (χ2v) is 15.0. The molecular formula is C53H43N3. The Morgan fingerprint density at radius 2 is 0.982 bits per heavy atom. The average Bonchev–Trinajstić information content (AvgIpc) is 3.68. The zero-order valence-electron chi connectivity index (χ0n) is 31.5. The van der Waals surface area contributed by atoms with E-state index in [1.54, 1.807) is 0 Å². The van der Waals surface area contributed by atoms with Gasteiger partial charge in [0.05, 0.1) is 16.7 Å². The van der Waals surface area contributed by atoms with Crippen molar-refractivity contribution in [2.24, 2.45) is 0 Å². The zero-order valence-corrected chi connectivity index (χ0v) is 31.5. The molecule has 3 aliphatic rings. The summed E-state index contributed by atoms with van der Waals surface area (Å²) in [7, 11) is 0. The fraction of sp³-hybridized carbons (Fsp3) is 0.113. The molecule has 0 radical (unpaired) electrons. The molecule has 7 aromatic rings. The van der Waals surface area contributed by atoms with Crippen molar-refractivity contribution in [2.45, 2.75) is 38.5 Å². The highest BCUT2D eigenvalue weighted by Crippen LogP contribution is 2.41. The molecule has 0 amide bonds. The summed E-state index contributed by atoms with van der Waals surface area (Å²) in [5.74, 6) is 0.968. The van der Waals surface area contributed by atoms with Crippen molar-refractivity contribution in [3.63, 3.8) is 0 Å². The molecule has 0 spiro atoms. The monoisotopic (exact) mass is 721 g/mol. The van der Waals surface area contributed by atoms with E-state index in [4.69, 9.17) is 4.98 Å². The minimum Gasteiger partial charge on any atom is -0.314 e. The van der Waals surface area contributed by atoms with Crippen LogP contribution in [0.4, 0.5) is 11.4 Å². The molecule has 0 bridgehead atoms. The van der Waals surface area contributed by atoms with Gasteiger partial charge in [0.2, 0.25) is 0 Å². The quantitative estimate of drug-likeness (QED) is 0.156. The lowest BCUT2D eigenvalue weighted by atomic mass is 9.83. The van der Waals surface area contributed by atoms with Crippen molar-refractivity contribution in [2.75, 3.05) is 4.90 Å². The van der Waals surface area contributed by atoms with Gasteiger partial charge in [-0.25, -0.2) is 4.98 Å². The van der Waals surface area contributed by atoms with Gasteiger partial charge in [-0.2, -0.15) is 0 Å². The highest BCUT2D eigenvalue weighted by molar-refractivity contribution is 5.97. The molecule has 3 aliphatic carbocycles. The molecule has 0 unspecified atom stereocenters. The first-order chi connectivity index (χ1) is 27.8. The molecule has 10 rings (SSSR count). The third-order valence-corrected chi connectivity index (χ3v) is 11.6. The minimum atomic E-state index is 0.968. The summed E-state index contributed by atoms with van der Waals surface area (Å²) in [6.45, 7) is 0. The Morgan fingerprint density at radius 1 is 0.429 bits per heavy atom. The molecule has 0 N–H and O–H groups in total. The Labute approximate surface area is 329 Å². The normalized spacial score (nSPS) is 15.7. The van der Waals surface area contributed by atoms with Gasteiger partial charge in [-0.05, 0) is 126 Å². The molecule has 270 valence electrons. The number of benzene rings is 6. The van der Waals surface area contributed by atoms with Crippen LogP contribution < -0.4 is 4.90 Å². The summed E-state index contributed by atoms with van der Waals surface area (Å²) in [5, 5.41) is 2.54. The van der Waals surface area contributed by atoms with Crippen LogP contribution in [0.3, 0.4) is 0 Å². The third-order valence-electron chi connectivity index (χ3n) is 11.6. The van der Waals surface area contributed by atoms with Crippen molar-refractivity contribution in [3.05, 3.63) is 222 Å². The predicted molar refractivity (Wildman–Crippen MR) is 235 cm³/mol. The Bertz CT molecular complexity index is 2770. The maximum atomic E-state index is 5.06. The van der Waals surface area contributed by atoms with Crippen LogP contribution in [0.25, 0.3) is 44.5 Å². The number of hydrogen-bond donors (Lipinski definition) is 0. The molecular weight excluding hydrogens is 679 g/mol. The average molecular weight is 722 g/mol. The van der Waals surface area contributed by atoms with E-state index in [1.165, 1.54) is 61.3 Å². The summed E-state index contributed by atoms with van der Waals surface area (Å²) >= 11 is 0. The number of para-hydroxylation sites is 4.